The van der Waals surface area contributed by atoms with Gasteiger partial charge in [0.05, 0.1) is 11.1 Å². The highest BCUT2D eigenvalue weighted by molar-refractivity contribution is 7.82. The second-order valence-electron chi connectivity index (χ2n) is 7.15. The molecule has 156 valence electrons. The lowest BCUT2D eigenvalue weighted by Gasteiger charge is -2.32. The molecule has 0 fully saturated rings. The summed E-state index contributed by atoms with van der Waals surface area (Å²) in [5.74, 6) is -1.07. The quantitative estimate of drug-likeness (QED) is 0.216. The Labute approximate surface area is 171 Å². The molecule has 27 heavy (non-hydrogen) atoms. The summed E-state index contributed by atoms with van der Waals surface area (Å²) in [6.45, 7) is 3.63. The van der Waals surface area contributed by atoms with Gasteiger partial charge in [-0.3, -0.25) is 4.79 Å². The van der Waals surface area contributed by atoms with Crippen LogP contribution in [0.2, 0.25) is 0 Å². The number of aliphatic carboxylic acids is 1. The second kappa shape index (κ2) is 14.8. The van der Waals surface area contributed by atoms with Crippen LogP contribution in [0.15, 0.2) is 0 Å². The first-order valence-corrected chi connectivity index (χ1v) is 11.4. The SMILES string of the molecule is CCCCCCCCCCCCC(=S)N([SH](=O)=O)C(C)(C#N)CCC(=O)O. The van der Waals surface area contributed by atoms with Gasteiger partial charge in [-0.1, -0.05) is 76.9 Å². The standard InChI is InChI=1S/C19H34N2O4S2/c1-3-4-5-6-7-8-9-10-11-12-13-17(26)21(27(24)25)19(2,16-20)15-14-18(22)23/h27H,3-15H2,1-2H3,(H,22,23). The monoisotopic (exact) mass is 418 g/mol. The molecule has 0 aromatic carbocycles. The molecule has 0 rings (SSSR count). The van der Waals surface area contributed by atoms with Crippen LogP contribution in [0.25, 0.3) is 0 Å². The van der Waals surface area contributed by atoms with Crippen molar-refractivity contribution in [2.24, 2.45) is 0 Å². The maximum absolute atomic E-state index is 11.7. The third kappa shape index (κ3) is 11.3. The van der Waals surface area contributed by atoms with Gasteiger partial charge in [0.2, 0.25) is 10.9 Å². The molecule has 0 amide bonds. The molecule has 0 aliphatic heterocycles. The van der Waals surface area contributed by atoms with Gasteiger partial charge < -0.3 is 5.11 Å². The molecule has 0 bridgehead atoms. The molecule has 6 nitrogen and oxygen atoms in total. The molecule has 0 aliphatic carbocycles. The van der Waals surface area contributed by atoms with Crippen LogP contribution in [0.3, 0.4) is 0 Å². The molecular formula is C19H34N2O4S2. The fraction of sp³-hybridized carbons (Fsp3) is 0.842. The molecule has 0 saturated heterocycles. The van der Waals surface area contributed by atoms with Gasteiger partial charge in [0.25, 0.3) is 0 Å². The van der Waals surface area contributed by atoms with E-state index in [0.717, 1.165) is 23.6 Å². The highest BCUT2D eigenvalue weighted by atomic mass is 32.2. The van der Waals surface area contributed by atoms with Crippen molar-refractivity contribution in [3.63, 3.8) is 0 Å². The van der Waals surface area contributed by atoms with Crippen LogP contribution in [-0.4, -0.2) is 34.3 Å². The number of rotatable bonds is 16. The van der Waals surface area contributed by atoms with E-state index in [-0.39, 0.29) is 17.8 Å². The highest BCUT2D eigenvalue weighted by Gasteiger charge is 2.36. The summed E-state index contributed by atoms with van der Waals surface area (Å²) in [6.07, 6.45) is 11.7. The Hall–Kier alpha value is -1.20. The third-order valence-corrected chi connectivity index (χ3v) is 6.21. The molecule has 1 atom stereocenters. The fourth-order valence-corrected chi connectivity index (χ4v) is 4.31. The lowest BCUT2D eigenvalue weighted by atomic mass is 9.97. The van der Waals surface area contributed by atoms with Gasteiger partial charge in [-0.25, -0.2) is 12.7 Å². The number of hydrogen-bond donors (Lipinski definition) is 2. The van der Waals surface area contributed by atoms with Gasteiger partial charge in [-0.05, 0) is 26.2 Å². The van der Waals surface area contributed by atoms with Gasteiger partial charge in [-0.15, -0.1) is 0 Å². The minimum atomic E-state index is -3.09. The van der Waals surface area contributed by atoms with E-state index in [1.807, 2.05) is 6.07 Å². The van der Waals surface area contributed by atoms with Crippen LogP contribution in [0.4, 0.5) is 0 Å². The molecule has 0 aliphatic rings. The number of carboxylic acids is 1. The first-order chi connectivity index (χ1) is 12.8. The number of thiol groups is 1. The average molecular weight is 419 g/mol. The van der Waals surface area contributed by atoms with E-state index in [1.54, 1.807) is 0 Å². The Morgan fingerprint density at radius 2 is 1.52 bits per heavy atom. The Morgan fingerprint density at radius 3 is 1.93 bits per heavy atom. The normalized spacial score (nSPS) is 13.1. The molecule has 0 heterocycles. The molecule has 0 radical (unpaired) electrons. The number of thiocarbonyl (C=S) groups is 1. The van der Waals surface area contributed by atoms with E-state index in [4.69, 9.17) is 17.3 Å². The Balaban J connectivity index is 4.30. The van der Waals surface area contributed by atoms with Gasteiger partial charge in [0, 0.05) is 6.42 Å². The molecule has 0 aromatic rings. The van der Waals surface area contributed by atoms with Crippen LogP contribution in [-0.2, 0) is 15.7 Å². The summed E-state index contributed by atoms with van der Waals surface area (Å²) in [5.41, 5.74) is -1.46. The van der Waals surface area contributed by atoms with E-state index in [9.17, 15) is 18.5 Å². The maximum Gasteiger partial charge on any atom is 0.303 e. The predicted molar refractivity (Wildman–Crippen MR) is 112 cm³/mol. The molecule has 0 spiro atoms. The van der Waals surface area contributed by atoms with Gasteiger partial charge >= 0.3 is 5.97 Å². The number of nitriles is 1. The summed E-state index contributed by atoms with van der Waals surface area (Å²) >= 11 is 5.25. The fourth-order valence-electron chi connectivity index (χ4n) is 2.98. The van der Waals surface area contributed by atoms with Gasteiger partial charge in [-0.2, -0.15) is 5.26 Å². The van der Waals surface area contributed by atoms with Gasteiger partial charge in [0.15, 0.2) is 0 Å². The molecule has 0 saturated carbocycles. The number of hydrogen-bond acceptors (Lipinski definition) is 5. The van der Waals surface area contributed by atoms with Crippen molar-refractivity contribution in [2.45, 2.75) is 103 Å². The molecule has 1 N–H and O–H groups in total. The Kier molecular flexibility index (Phi) is 14.2. The van der Waals surface area contributed by atoms with Gasteiger partial charge in [0.1, 0.15) is 5.54 Å². The van der Waals surface area contributed by atoms with Crippen molar-refractivity contribution in [1.29, 1.82) is 5.26 Å². The zero-order valence-electron chi connectivity index (χ0n) is 16.6. The van der Waals surface area contributed by atoms with E-state index >= 15 is 0 Å². The van der Waals surface area contributed by atoms with Crippen molar-refractivity contribution in [1.82, 2.24) is 4.31 Å². The maximum atomic E-state index is 11.7. The van der Waals surface area contributed by atoms with Crippen LogP contribution < -0.4 is 0 Å². The zero-order chi connectivity index (χ0) is 20.7. The minimum Gasteiger partial charge on any atom is -0.481 e. The topological polar surface area (TPSA) is 98.5 Å². The van der Waals surface area contributed by atoms with Crippen molar-refractivity contribution < 1.29 is 18.3 Å². The van der Waals surface area contributed by atoms with Crippen LogP contribution >= 0.6 is 12.2 Å². The molecular weight excluding hydrogens is 384 g/mol. The smallest absolute Gasteiger partial charge is 0.303 e. The molecule has 1 unspecified atom stereocenters. The minimum absolute atomic E-state index is 0.0969. The van der Waals surface area contributed by atoms with E-state index in [0.29, 0.717) is 6.42 Å². The Bertz CT molecular complexity index is 565. The average Bonchev–Trinajstić information content (AvgIpc) is 2.61. The van der Waals surface area contributed by atoms with Crippen molar-refractivity contribution in [3.05, 3.63) is 0 Å². The van der Waals surface area contributed by atoms with E-state index in [2.05, 4.69) is 6.92 Å². The number of unbranched alkanes of at least 4 members (excludes halogenated alkanes) is 9. The number of carbonyl (C=O) groups is 1. The molecule has 0 aromatic heterocycles. The van der Waals surface area contributed by atoms with E-state index in [1.165, 1.54) is 51.9 Å². The van der Waals surface area contributed by atoms with E-state index < -0.39 is 22.4 Å². The number of nitrogens with zero attached hydrogens (tertiary/aromatic N) is 2. The van der Waals surface area contributed by atoms with Crippen molar-refractivity contribution in [2.75, 3.05) is 0 Å². The first kappa shape index (κ1) is 25.8. The van der Waals surface area contributed by atoms with Crippen LogP contribution in [0.5, 0.6) is 0 Å². The summed E-state index contributed by atoms with van der Waals surface area (Å²) < 4.78 is 24.2. The summed E-state index contributed by atoms with van der Waals surface area (Å²) in [6, 6.07) is 1.93. The summed E-state index contributed by atoms with van der Waals surface area (Å²) in [4.78, 5) is 11.0. The van der Waals surface area contributed by atoms with Crippen LogP contribution in [0.1, 0.15) is 97.3 Å². The van der Waals surface area contributed by atoms with Crippen LogP contribution in [0, 0.1) is 11.3 Å². The highest BCUT2D eigenvalue weighted by Crippen LogP contribution is 2.24. The third-order valence-electron chi connectivity index (χ3n) is 4.68. The Morgan fingerprint density at radius 1 is 1.04 bits per heavy atom. The summed E-state index contributed by atoms with van der Waals surface area (Å²) in [5, 5.41) is 18.2. The van der Waals surface area contributed by atoms with Crippen molar-refractivity contribution >= 4 is 34.1 Å². The van der Waals surface area contributed by atoms with Crippen molar-refractivity contribution in [3.8, 4) is 6.07 Å². The zero-order valence-corrected chi connectivity index (χ0v) is 18.3. The summed E-state index contributed by atoms with van der Waals surface area (Å²) in [7, 11) is -3.09. The second-order valence-corrected chi connectivity index (χ2v) is 8.50. The largest absolute Gasteiger partial charge is 0.481 e. The molecule has 8 heteroatoms. The first-order valence-electron chi connectivity index (χ1n) is 9.89. The number of carboxylic acid groups (broad SMARTS) is 1. The predicted octanol–water partition coefficient (Wildman–Crippen LogP) is 4.60. The lowest BCUT2D eigenvalue weighted by Crippen LogP contribution is -2.47. The lowest BCUT2D eigenvalue weighted by molar-refractivity contribution is -0.137.